The van der Waals surface area contributed by atoms with Crippen LogP contribution in [-0.2, 0) is 0 Å². The standard InChI is InChI=1S/C12H17N3S2/c1-7-6-16-12(15-7)8(2)17-11-5-9(13)3-4-10(11)14/h3-5,7,12,15H,2,6,13-14H2,1H3/t7-,12?/m0/s1. The second kappa shape index (κ2) is 5.25. The largest absolute Gasteiger partial charge is 0.399 e. The molecule has 1 saturated heterocycles. The van der Waals surface area contributed by atoms with Gasteiger partial charge in [0, 0.05) is 33.0 Å². The van der Waals surface area contributed by atoms with Gasteiger partial charge in [-0.3, -0.25) is 5.32 Å². The molecule has 17 heavy (non-hydrogen) atoms. The first-order valence-electron chi connectivity index (χ1n) is 5.45. The van der Waals surface area contributed by atoms with Crippen molar-refractivity contribution in [3.8, 4) is 0 Å². The molecule has 1 aliphatic heterocycles. The van der Waals surface area contributed by atoms with E-state index in [-0.39, 0.29) is 0 Å². The molecule has 92 valence electrons. The van der Waals surface area contributed by atoms with E-state index in [2.05, 4.69) is 18.8 Å². The number of nitrogens with one attached hydrogen (secondary N) is 1. The lowest BCUT2D eigenvalue weighted by atomic mass is 10.3. The second-order valence-corrected chi connectivity index (χ2v) is 6.45. The SMILES string of the molecule is C=C(Sc1cc(N)ccc1N)C1N[C@@H](C)CS1. The molecule has 0 aromatic heterocycles. The fourth-order valence-corrected chi connectivity index (χ4v) is 3.89. The van der Waals surface area contributed by atoms with E-state index < -0.39 is 0 Å². The molecule has 3 nitrogen and oxygen atoms in total. The van der Waals surface area contributed by atoms with Gasteiger partial charge in [0.25, 0.3) is 0 Å². The van der Waals surface area contributed by atoms with Gasteiger partial charge in [0.05, 0.1) is 5.37 Å². The number of hydrogen-bond donors (Lipinski definition) is 3. The van der Waals surface area contributed by atoms with Crippen molar-refractivity contribution >= 4 is 34.9 Å². The first-order chi connectivity index (χ1) is 8.06. The topological polar surface area (TPSA) is 64.1 Å². The molecule has 0 amide bonds. The van der Waals surface area contributed by atoms with Crippen molar-refractivity contribution in [1.82, 2.24) is 5.32 Å². The van der Waals surface area contributed by atoms with Gasteiger partial charge in [0.15, 0.2) is 0 Å². The van der Waals surface area contributed by atoms with Crippen molar-refractivity contribution in [2.24, 2.45) is 0 Å². The van der Waals surface area contributed by atoms with Crippen LogP contribution in [0, 0.1) is 0 Å². The maximum atomic E-state index is 5.92. The molecule has 1 heterocycles. The number of nitrogens with two attached hydrogens (primary N) is 2. The molecule has 5 heteroatoms. The Balaban J connectivity index is 2.05. The maximum absolute atomic E-state index is 5.92. The summed E-state index contributed by atoms with van der Waals surface area (Å²) in [5.74, 6) is 1.12. The lowest BCUT2D eigenvalue weighted by Gasteiger charge is -2.14. The van der Waals surface area contributed by atoms with Gasteiger partial charge in [-0.25, -0.2) is 0 Å². The third-order valence-corrected chi connectivity index (χ3v) is 5.19. The number of rotatable bonds is 3. The van der Waals surface area contributed by atoms with Gasteiger partial charge in [-0.1, -0.05) is 18.3 Å². The Bertz CT molecular complexity index is 434. The van der Waals surface area contributed by atoms with E-state index in [1.807, 2.05) is 30.0 Å². The van der Waals surface area contributed by atoms with Crippen LogP contribution in [-0.4, -0.2) is 17.2 Å². The highest BCUT2D eigenvalue weighted by atomic mass is 32.2. The lowest BCUT2D eigenvalue weighted by molar-refractivity contribution is 0.646. The van der Waals surface area contributed by atoms with Crippen molar-refractivity contribution in [1.29, 1.82) is 0 Å². The van der Waals surface area contributed by atoms with Gasteiger partial charge in [-0.05, 0) is 25.1 Å². The van der Waals surface area contributed by atoms with E-state index in [0.717, 1.165) is 26.9 Å². The zero-order chi connectivity index (χ0) is 12.4. The Morgan fingerprint density at radius 2 is 2.29 bits per heavy atom. The minimum atomic E-state index is 0.302. The summed E-state index contributed by atoms with van der Waals surface area (Å²) >= 11 is 3.49. The number of anilines is 2. The minimum absolute atomic E-state index is 0.302. The highest BCUT2D eigenvalue weighted by Gasteiger charge is 2.23. The second-order valence-electron chi connectivity index (χ2n) is 4.15. The fraction of sp³-hybridized carbons (Fsp3) is 0.333. The molecule has 2 rings (SSSR count). The summed E-state index contributed by atoms with van der Waals surface area (Å²) in [7, 11) is 0. The summed E-state index contributed by atoms with van der Waals surface area (Å²) in [6, 6.07) is 6.09. The van der Waals surface area contributed by atoms with Crippen LogP contribution in [0.3, 0.4) is 0 Å². The van der Waals surface area contributed by atoms with Crippen molar-refractivity contribution in [3.63, 3.8) is 0 Å². The predicted molar refractivity (Wildman–Crippen MR) is 79.1 cm³/mol. The predicted octanol–water partition coefficient (Wildman–Crippen LogP) is 2.51. The average Bonchev–Trinajstić information content (AvgIpc) is 2.70. The minimum Gasteiger partial charge on any atom is -0.399 e. The summed E-state index contributed by atoms with van der Waals surface area (Å²) in [4.78, 5) is 2.06. The lowest BCUT2D eigenvalue weighted by Crippen LogP contribution is -2.27. The van der Waals surface area contributed by atoms with Crippen molar-refractivity contribution in [3.05, 3.63) is 29.7 Å². The van der Waals surface area contributed by atoms with Crippen LogP contribution in [0.4, 0.5) is 11.4 Å². The van der Waals surface area contributed by atoms with E-state index in [4.69, 9.17) is 11.5 Å². The third kappa shape index (κ3) is 3.12. The summed E-state index contributed by atoms with van der Waals surface area (Å²) < 4.78 is 0. The molecule has 0 saturated carbocycles. The summed E-state index contributed by atoms with van der Waals surface area (Å²) in [5, 5.41) is 3.78. The zero-order valence-corrected chi connectivity index (χ0v) is 11.4. The molecule has 1 unspecified atom stereocenters. The Hall–Kier alpha value is -0.780. The van der Waals surface area contributed by atoms with Crippen LogP contribution in [0.5, 0.6) is 0 Å². The molecule has 0 spiro atoms. The number of benzene rings is 1. The fourth-order valence-electron chi connectivity index (χ4n) is 1.62. The Morgan fingerprint density at radius 3 is 2.94 bits per heavy atom. The van der Waals surface area contributed by atoms with Crippen LogP contribution in [0.2, 0.25) is 0 Å². The van der Waals surface area contributed by atoms with Gasteiger partial charge in [0.1, 0.15) is 0 Å². The first kappa shape index (κ1) is 12.7. The van der Waals surface area contributed by atoms with Gasteiger partial charge in [-0.15, -0.1) is 11.8 Å². The van der Waals surface area contributed by atoms with Gasteiger partial charge in [0.2, 0.25) is 0 Å². The molecule has 1 aromatic carbocycles. The highest BCUT2D eigenvalue weighted by molar-refractivity contribution is 8.06. The Labute approximate surface area is 110 Å². The van der Waals surface area contributed by atoms with E-state index in [1.54, 1.807) is 11.8 Å². The van der Waals surface area contributed by atoms with Gasteiger partial charge >= 0.3 is 0 Å². The van der Waals surface area contributed by atoms with Crippen LogP contribution < -0.4 is 16.8 Å². The number of thioether (sulfide) groups is 2. The monoisotopic (exact) mass is 267 g/mol. The molecule has 1 fully saturated rings. The van der Waals surface area contributed by atoms with E-state index in [0.29, 0.717) is 11.4 Å². The quantitative estimate of drug-likeness (QED) is 0.580. The molecule has 0 aliphatic carbocycles. The van der Waals surface area contributed by atoms with Crippen LogP contribution >= 0.6 is 23.5 Å². The molecule has 1 aromatic rings. The normalized spacial score (nSPS) is 23.8. The van der Waals surface area contributed by atoms with Gasteiger partial charge in [-0.2, -0.15) is 0 Å². The van der Waals surface area contributed by atoms with Crippen LogP contribution in [0.1, 0.15) is 6.92 Å². The third-order valence-electron chi connectivity index (χ3n) is 2.52. The molecule has 5 N–H and O–H groups in total. The smallest absolute Gasteiger partial charge is 0.0849 e. The van der Waals surface area contributed by atoms with E-state index in [9.17, 15) is 0 Å². The van der Waals surface area contributed by atoms with E-state index >= 15 is 0 Å². The van der Waals surface area contributed by atoms with Gasteiger partial charge < -0.3 is 11.5 Å². The van der Waals surface area contributed by atoms with Crippen molar-refractivity contribution < 1.29 is 0 Å². The maximum Gasteiger partial charge on any atom is 0.0849 e. The molecule has 0 radical (unpaired) electrons. The molecular weight excluding hydrogens is 250 g/mol. The van der Waals surface area contributed by atoms with Crippen LogP contribution in [0.25, 0.3) is 0 Å². The summed E-state index contributed by atoms with van der Waals surface area (Å²) in [5.41, 5.74) is 13.2. The average molecular weight is 267 g/mol. The van der Waals surface area contributed by atoms with E-state index in [1.165, 1.54) is 0 Å². The highest BCUT2D eigenvalue weighted by Crippen LogP contribution is 2.37. The first-order valence-corrected chi connectivity index (χ1v) is 7.32. The molecule has 0 bridgehead atoms. The molecule has 1 aliphatic rings. The van der Waals surface area contributed by atoms with Crippen molar-refractivity contribution in [2.75, 3.05) is 17.2 Å². The zero-order valence-electron chi connectivity index (χ0n) is 9.77. The summed E-state index contributed by atoms with van der Waals surface area (Å²) in [6.07, 6.45) is 0. The number of hydrogen-bond acceptors (Lipinski definition) is 5. The molecular formula is C12H17N3S2. The Kier molecular flexibility index (Phi) is 3.91. The summed E-state index contributed by atoms with van der Waals surface area (Å²) in [6.45, 7) is 6.30. The Morgan fingerprint density at radius 1 is 1.53 bits per heavy atom. The molecule has 2 atom stereocenters. The van der Waals surface area contributed by atoms with Crippen molar-refractivity contribution in [2.45, 2.75) is 23.2 Å². The van der Waals surface area contributed by atoms with Crippen LogP contribution in [0.15, 0.2) is 34.6 Å². The number of nitrogen functional groups attached to an aromatic ring is 2.